The Kier molecular flexibility index (Phi) is 6.26. The summed E-state index contributed by atoms with van der Waals surface area (Å²) in [5.74, 6) is -1.83. The maximum Gasteiger partial charge on any atom is 0.264 e. The first-order valence-electron chi connectivity index (χ1n) is 9.13. The van der Waals surface area contributed by atoms with Gasteiger partial charge in [-0.2, -0.15) is 0 Å². The average molecular weight is 446 g/mol. The molecule has 0 atom stereocenters. The summed E-state index contributed by atoms with van der Waals surface area (Å²) in [6, 6.07) is 13.2. The molecule has 0 saturated carbocycles. The van der Waals surface area contributed by atoms with E-state index in [0.717, 1.165) is 16.4 Å². The second-order valence-electron chi connectivity index (χ2n) is 6.73. The van der Waals surface area contributed by atoms with Crippen molar-refractivity contribution in [3.8, 4) is 5.75 Å². The number of ether oxygens (including phenoxy) is 1. The molecule has 0 aliphatic rings. The Morgan fingerprint density at radius 1 is 1.00 bits per heavy atom. The van der Waals surface area contributed by atoms with Crippen LogP contribution in [0.15, 0.2) is 65.6 Å². The average Bonchev–Trinajstić information content (AvgIpc) is 2.75. The largest absolute Gasteiger partial charge is 0.497 e. The van der Waals surface area contributed by atoms with Crippen LogP contribution in [0, 0.1) is 18.6 Å². The first kappa shape index (κ1) is 22.2. The van der Waals surface area contributed by atoms with E-state index in [9.17, 15) is 22.0 Å². The molecule has 1 N–H and O–H groups in total. The van der Waals surface area contributed by atoms with E-state index < -0.39 is 27.6 Å². The van der Waals surface area contributed by atoms with Crippen molar-refractivity contribution >= 4 is 27.3 Å². The maximum absolute atomic E-state index is 13.8. The topological polar surface area (TPSA) is 75.7 Å². The molecule has 1 amide bonds. The highest BCUT2D eigenvalue weighted by atomic mass is 32.2. The molecule has 0 aliphatic carbocycles. The fraction of sp³-hybridized carbons (Fsp3) is 0.136. The third-order valence-electron chi connectivity index (χ3n) is 4.71. The van der Waals surface area contributed by atoms with E-state index in [1.165, 1.54) is 50.6 Å². The predicted octanol–water partition coefficient (Wildman–Crippen LogP) is 4.36. The minimum Gasteiger partial charge on any atom is -0.497 e. The summed E-state index contributed by atoms with van der Waals surface area (Å²) in [5, 5.41) is 2.36. The molecule has 3 rings (SSSR count). The number of carbonyl (C=O) groups is 1. The molecule has 6 nitrogen and oxygen atoms in total. The highest BCUT2D eigenvalue weighted by Gasteiger charge is 2.23. The van der Waals surface area contributed by atoms with Crippen LogP contribution in [0.3, 0.4) is 0 Å². The van der Waals surface area contributed by atoms with Crippen molar-refractivity contribution in [2.45, 2.75) is 11.8 Å². The molecule has 0 aliphatic heterocycles. The Morgan fingerprint density at radius 3 is 2.29 bits per heavy atom. The van der Waals surface area contributed by atoms with Crippen molar-refractivity contribution in [2.75, 3.05) is 23.8 Å². The van der Waals surface area contributed by atoms with Gasteiger partial charge in [0.05, 0.1) is 23.4 Å². The highest BCUT2D eigenvalue weighted by Crippen LogP contribution is 2.28. The van der Waals surface area contributed by atoms with Crippen molar-refractivity contribution in [3.63, 3.8) is 0 Å². The van der Waals surface area contributed by atoms with E-state index in [4.69, 9.17) is 4.74 Å². The number of methoxy groups -OCH3 is 1. The third-order valence-corrected chi connectivity index (χ3v) is 6.49. The number of hydrogen-bond donors (Lipinski definition) is 1. The van der Waals surface area contributed by atoms with Crippen LogP contribution < -0.4 is 14.4 Å². The summed E-state index contributed by atoms with van der Waals surface area (Å²) in [6.07, 6.45) is 0. The number of rotatable bonds is 6. The van der Waals surface area contributed by atoms with E-state index in [-0.39, 0.29) is 21.8 Å². The van der Waals surface area contributed by atoms with E-state index in [1.807, 2.05) is 0 Å². The van der Waals surface area contributed by atoms with Gasteiger partial charge in [-0.25, -0.2) is 17.2 Å². The van der Waals surface area contributed by atoms with Crippen LogP contribution in [0.5, 0.6) is 5.75 Å². The Bertz CT molecular complexity index is 1230. The lowest BCUT2D eigenvalue weighted by molar-refractivity contribution is 0.102. The molecule has 31 heavy (non-hydrogen) atoms. The number of carbonyl (C=O) groups excluding carboxylic acids is 1. The van der Waals surface area contributed by atoms with Gasteiger partial charge in [0, 0.05) is 18.7 Å². The van der Waals surface area contributed by atoms with Crippen LogP contribution in [-0.4, -0.2) is 28.5 Å². The van der Waals surface area contributed by atoms with Gasteiger partial charge in [0.2, 0.25) is 0 Å². The monoisotopic (exact) mass is 446 g/mol. The summed E-state index contributed by atoms with van der Waals surface area (Å²) in [4.78, 5) is 12.6. The molecule has 0 radical (unpaired) electrons. The number of halogens is 2. The Morgan fingerprint density at radius 2 is 1.68 bits per heavy atom. The number of benzene rings is 3. The zero-order valence-corrected chi connectivity index (χ0v) is 17.8. The molecule has 0 spiro atoms. The van der Waals surface area contributed by atoms with Gasteiger partial charge in [0.15, 0.2) is 0 Å². The number of nitrogens with one attached hydrogen (secondary N) is 1. The van der Waals surface area contributed by atoms with Crippen LogP contribution in [0.25, 0.3) is 0 Å². The number of nitrogens with zero attached hydrogens (tertiary/aromatic N) is 1. The van der Waals surface area contributed by atoms with Crippen LogP contribution in [0.4, 0.5) is 20.2 Å². The van der Waals surface area contributed by atoms with E-state index in [0.29, 0.717) is 17.4 Å². The first-order valence-corrected chi connectivity index (χ1v) is 10.6. The lowest BCUT2D eigenvalue weighted by atomic mass is 10.1. The van der Waals surface area contributed by atoms with Crippen molar-refractivity contribution in [1.29, 1.82) is 0 Å². The van der Waals surface area contributed by atoms with Gasteiger partial charge in [-0.3, -0.25) is 9.10 Å². The maximum atomic E-state index is 13.8. The zero-order chi connectivity index (χ0) is 22.8. The quantitative estimate of drug-likeness (QED) is 0.611. The van der Waals surface area contributed by atoms with Crippen LogP contribution >= 0.6 is 0 Å². The second-order valence-corrected chi connectivity index (χ2v) is 8.70. The predicted molar refractivity (Wildman–Crippen MR) is 114 cm³/mol. The molecule has 0 fully saturated rings. The van der Waals surface area contributed by atoms with Crippen LogP contribution in [0.2, 0.25) is 0 Å². The normalized spacial score (nSPS) is 11.1. The molecular weight excluding hydrogens is 426 g/mol. The number of aryl methyl sites for hydroxylation is 1. The summed E-state index contributed by atoms with van der Waals surface area (Å²) in [5.41, 5.74) is 0.820. The highest BCUT2D eigenvalue weighted by molar-refractivity contribution is 7.92. The fourth-order valence-corrected chi connectivity index (χ4v) is 4.16. The van der Waals surface area contributed by atoms with Gasteiger partial charge in [-0.05, 0) is 61.0 Å². The molecule has 0 unspecified atom stereocenters. The number of hydrogen-bond acceptors (Lipinski definition) is 4. The molecule has 162 valence electrons. The Labute approximate surface area is 179 Å². The smallest absolute Gasteiger partial charge is 0.264 e. The Hall–Kier alpha value is -3.46. The molecule has 0 saturated heterocycles. The van der Waals surface area contributed by atoms with Crippen molar-refractivity contribution in [2.24, 2.45) is 0 Å². The summed E-state index contributed by atoms with van der Waals surface area (Å²) in [6.45, 7) is 1.71. The summed E-state index contributed by atoms with van der Waals surface area (Å²) >= 11 is 0. The molecule has 0 heterocycles. The van der Waals surface area contributed by atoms with Gasteiger partial charge in [0.1, 0.15) is 17.4 Å². The van der Waals surface area contributed by atoms with Gasteiger partial charge < -0.3 is 10.1 Å². The minimum absolute atomic E-state index is 0.0541. The minimum atomic E-state index is -3.91. The third kappa shape index (κ3) is 4.66. The van der Waals surface area contributed by atoms with E-state index in [2.05, 4.69) is 5.32 Å². The standard InChI is InChI=1S/C22H20F2N2O4S/c1-14-4-5-15(22(27)25-20-11-6-16(23)13-19(20)24)12-21(14)26(2)31(28,29)18-9-7-17(30-3)8-10-18/h4-13H,1-3H3,(H,25,27). The molecule has 9 heteroatoms. The molecule has 0 bridgehead atoms. The van der Waals surface area contributed by atoms with Gasteiger partial charge in [-0.1, -0.05) is 6.07 Å². The lowest BCUT2D eigenvalue weighted by Gasteiger charge is -2.22. The second kappa shape index (κ2) is 8.73. The van der Waals surface area contributed by atoms with E-state index in [1.54, 1.807) is 13.0 Å². The first-order chi connectivity index (χ1) is 14.6. The van der Waals surface area contributed by atoms with E-state index >= 15 is 0 Å². The Balaban J connectivity index is 1.91. The van der Waals surface area contributed by atoms with Crippen molar-refractivity contribution in [1.82, 2.24) is 0 Å². The zero-order valence-electron chi connectivity index (χ0n) is 17.0. The number of amides is 1. The van der Waals surface area contributed by atoms with Gasteiger partial charge >= 0.3 is 0 Å². The lowest BCUT2D eigenvalue weighted by Crippen LogP contribution is -2.27. The van der Waals surface area contributed by atoms with Crippen molar-refractivity contribution < 1.29 is 26.7 Å². The summed E-state index contributed by atoms with van der Waals surface area (Å²) < 4.78 is 59.1. The summed E-state index contributed by atoms with van der Waals surface area (Å²) in [7, 11) is -1.05. The number of sulfonamides is 1. The van der Waals surface area contributed by atoms with Crippen molar-refractivity contribution in [3.05, 3.63) is 83.4 Å². The fourth-order valence-electron chi connectivity index (χ4n) is 2.91. The molecule has 3 aromatic rings. The molecular formula is C22H20F2N2O4S. The SMILES string of the molecule is COc1ccc(S(=O)(=O)N(C)c2cc(C(=O)Nc3ccc(F)cc3F)ccc2C)cc1. The molecule has 3 aromatic carbocycles. The van der Waals surface area contributed by atoms with Crippen LogP contribution in [0.1, 0.15) is 15.9 Å². The number of anilines is 2. The molecule has 0 aromatic heterocycles. The van der Waals surface area contributed by atoms with Gasteiger partial charge in [-0.15, -0.1) is 0 Å². The van der Waals surface area contributed by atoms with Gasteiger partial charge in [0.25, 0.3) is 15.9 Å². The van der Waals surface area contributed by atoms with Crippen LogP contribution in [-0.2, 0) is 10.0 Å².